The Hall–Kier alpha value is -2.36. The fourth-order valence-electron chi connectivity index (χ4n) is 5.07. The maximum Gasteiger partial charge on any atom is 0.490 e. The molecule has 0 bridgehead atoms. The number of cyclic esters (lactones) is 1. The van der Waals surface area contributed by atoms with Gasteiger partial charge >= 0.3 is 24.1 Å². The smallest absolute Gasteiger partial charge is 0.475 e. The summed E-state index contributed by atoms with van der Waals surface area (Å²) in [6.45, 7) is 8.33. The van der Waals surface area contributed by atoms with Crippen molar-refractivity contribution in [1.29, 1.82) is 0 Å². The van der Waals surface area contributed by atoms with Gasteiger partial charge < -0.3 is 19.7 Å². The highest BCUT2D eigenvalue weighted by atomic mass is 19.4. The number of rotatable bonds is 6. The maximum absolute atomic E-state index is 12.5. The molecule has 2 aliphatic carbocycles. The van der Waals surface area contributed by atoms with E-state index in [0.717, 1.165) is 25.7 Å². The van der Waals surface area contributed by atoms with Crippen molar-refractivity contribution in [3.8, 4) is 0 Å². The number of carbonyl (C=O) groups is 3. The molecule has 8 atom stereocenters. The lowest BCUT2D eigenvalue weighted by Gasteiger charge is -2.43. The van der Waals surface area contributed by atoms with E-state index in [1.54, 1.807) is 0 Å². The van der Waals surface area contributed by atoms with Crippen LogP contribution in [0.15, 0.2) is 23.8 Å². The molecule has 3 rings (SSSR count). The predicted molar refractivity (Wildman–Crippen MR) is 125 cm³/mol. The third-order valence-electron chi connectivity index (χ3n) is 7.18. The summed E-state index contributed by atoms with van der Waals surface area (Å²) in [5.74, 6) is -2.00. The van der Waals surface area contributed by atoms with Crippen LogP contribution < -0.4 is 0 Å². The molecule has 0 aromatic rings. The van der Waals surface area contributed by atoms with Gasteiger partial charge in [0.2, 0.25) is 0 Å². The number of carbonyl (C=O) groups excluding carboxylic acids is 2. The van der Waals surface area contributed by atoms with Crippen LogP contribution in [0.3, 0.4) is 0 Å². The minimum Gasteiger partial charge on any atom is -0.475 e. The number of aliphatic carboxylic acids is 1. The van der Waals surface area contributed by atoms with Crippen molar-refractivity contribution in [2.75, 3.05) is 0 Å². The highest BCUT2D eigenvalue weighted by Crippen LogP contribution is 2.45. The van der Waals surface area contributed by atoms with Crippen LogP contribution in [0.5, 0.6) is 0 Å². The highest BCUT2D eigenvalue weighted by Gasteiger charge is 2.42. The number of ether oxygens (including phenoxy) is 2. The molecule has 204 valence electrons. The fraction of sp³-hybridized carbons (Fsp3) is 0.731. The lowest BCUT2D eigenvalue weighted by molar-refractivity contribution is -0.192. The van der Waals surface area contributed by atoms with Crippen molar-refractivity contribution < 1.29 is 47.2 Å². The molecule has 1 saturated heterocycles. The number of esters is 2. The standard InChI is InChI=1S/C24H36O5.C2HF3O2/c1-5-15(3)24(27)29-21-11-14(2)10-17-7-6-16(4)20(23(17)21)9-8-19-12-18(25)13-22(26)28-19;3-2(4,5)1(6)7/h6-7,10,14-16,18-21,23,25H,5,8-9,11-13H2,1-4H3;(H,6,7)/t14-,15-,16-,18+,19+,20-,21-,23-;/m0./s1. The summed E-state index contributed by atoms with van der Waals surface area (Å²) in [7, 11) is 0. The molecular formula is C26H37F3O7. The zero-order valence-corrected chi connectivity index (χ0v) is 21.2. The Morgan fingerprint density at radius 3 is 2.42 bits per heavy atom. The SMILES string of the molecule is CC[C@H](C)C(=O)O[C@H]1C[C@@H](C)C=C2C=C[C@H](C)[C@H](CC[C@@H]3C[C@@H](O)CC(=O)O3)[C@H]21.O=C(O)C(F)(F)F. The van der Waals surface area contributed by atoms with Crippen LogP contribution in [0.4, 0.5) is 13.2 Å². The van der Waals surface area contributed by atoms with Gasteiger partial charge in [-0.05, 0) is 49.0 Å². The van der Waals surface area contributed by atoms with Gasteiger partial charge in [-0.1, -0.05) is 45.9 Å². The number of aliphatic hydroxyl groups excluding tert-OH is 1. The Bertz CT molecular complexity index is 851. The molecule has 3 aliphatic rings. The van der Waals surface area contributed by atoms with Gasteiger partial charge in [0.1, 0.15) is 12.2 Å². The third-order valence-corrected chi connectivity index (χ3v) is 7.18. The Kier molecular flexibility index (Phi) is 10.6. The zero-order chi connectivity index (χ0) is 27.2. The number of alkyl halides is 3. The number of hydrogen-bond acceptors (Lipinski definition) is 6. The molecular weight excluding hydrogens is 481 g/mol. The molecule has 0 aromatic carbocycles. The summed E-state index contributed by atoms with van der Waals surface area (Å²) in [4.78, 5) is 33.1. The van der Waals surface area contributed by atoms with Crippen LogP contribution in [0.2, 0.25) is 0 Å². The van der Waals surface area contributed by atoms with Crippen LogP contribution >= 0.6 is 0 Å². The molecule has 36 heavy (non-hydrogen) atoms. The van der Waals surface area contributed by atoms with Crippen molar-refractivity contribution in [2.45, 2.75) is 90.7 Å². The highest BCUT2D eigenvalue weighted by molar-refractivity contribution is 5.73. The van der Waals surface area contributed by atoms with Gasteiger partial charge in [0.05, 0.1) is 18.4 Å². The Balaban J connectivity index is 0.000000572. The number of allylic oxidation sites excluding steroid dienone is 3. The zero-order valence-electron chi connectivity index (χ0n) is 21.2. The van der Waals surface area contributed by atoms with Crippen LogP contribution in [-0.4, -0.2) is 52.6 Å². The summed E-state index contributed by atoms with van der Waals surface area (Å²) in [6.07, 6.45) is 4.62. The van der Waals surface area contributed by atoms with E-state index < -0.39 is 18.2 Å². The molecule has 10 heteroatoms. The topological polar surface area (TPSA) is 110 Å². The van der Waals surface area contributed by atoms with Crippen molar-refractivity contribution in [3.05, 3.63) is 23.8 Å². The second-order valence-electron chi connectivity index (χ2n) is 10.2. The first kappa shape index (κ1) is 29.9. The Morgan fingerprint density at radius 2 is 1.86 bits per heavy atom. The second kappa shape index (κ2) is 12.7. The van der Waals surface area contributed by atoms with Gasteiger partial charge in [-0.15, -0.1) is 0 Å². The number of carboxylic acid groups (broad SMARTS) is 1. The fourth-order valence-corrected chi connectivity index (χ4v) is 5.07. The molecule has 7 nitrogen and oxygen atoms in total. The lowest BCUT2D eigenvalue weighted by atomic mass is 9.65. The third kappa shape index (κ3) is 8.35. The van der Waals surface area contributed by atoms with E-state index in [0.29, 0.717) is 24.2 Å². The summed E-state index contributed by atoms with van der Waals surface area (Å²) >= 11 is 0. The van der Waals surface area contributed by atoms with Crippen molar-refractivity contribution in [1.82, 2.24) is 0 Å². The average Bonchev–Trinajstić information content (AvgIpc) is 2.77. The molecule has 0 spiro atoms. The van der Waals surface area contributed by atoms with Gasteiger partial charge in [0, 0.05) is 12.3 Å². The van der Waals surface area contributed by atoms with E-state index in [9.17, 15) is 27.9 Å². The van der Waals surface area contributed by atoms with Crippen LogP contribution in [-0.2, 0) is 23.9 Å². The predicted octanol–water partition coefficient (Wildman–Crippen LogP) is 4.83. The van der Waals surface area contributed by atoms with Gasteiger partial charge in [-0.2, -0.15) is 13.2 Å². The summed E-state index contributed by atoms with van der Waals surface area (Å²) in [5.41, 5.74) is 1.27. The largest absolute Gasteiger partial charge is 0.490 e. The molecule has 0 aromatic heterocycles. The van der Waals surface area contributed by atoms with E-state index in [2.05, 4.69) is 32.1 Å². The number of fused-ring (bicyclic) bond motifs is 1. The average molecular weight is 519 g/mol. The van der Waals surface area contributed by atoms with Crippen LogP contribution in [0.25, 0.3) is 0 Å². The minimum atomic E-state index is -5.08. The van der Waals surface area contributed by atoms with Crippen LogP contribution in [0, 0.1) is 29.6 Å². The lowest BCUT2D eigenvalue weighted by Crippen LogP contribution is -2.42. The molecule has 1 heterocycles. The van der Waals surface area contributed by atoms with Crippen molar-refractivity contribution in [3.63, 3.8) is 0 Å². The monoisotopic (exact) mass is 518 g/mol. The first-order chi connectivity index (χ1) is 16.7. The van der Waals surface area contributed by atoms with Crippen LogP contribution in [0.1, 0.15) is 66.2 Å². The summed E-state index contributed by atoms with van der Waals surface area (Å²) in [6, 6.07) is 0. The molecule has 0 amide bonds. The first-order valence-electron chi connectivity index (χ1n) is 12.5. The van der Waals surface area contributed by atoms with Crippen molar-refractivity contribution >= 4 is 17.9 Å². The molecule has 0 unspecified atom stereocenters. The van der Waals surface area contributed by atoms with E-state index in [1.807, 2.05) is 13.8 Å². The van der Waals surface area contributed by atoms with Crippen molar-refractivity contribution in [2.24, 2.45) is 29.6 Å². The molecule has 1 fully saturated rings. The van der Waals surface area contributed by atoms with E-state index >= 15 is 0 Å². The number of carboxylic acids is 1. The Labute approximate surface area is 209 Å². The molecule has 0 radical (unpaired) electrons. The van der Waals surface area contributed by atoms with Gasteiger partial charge in [0.15, 0.2) is 0 Å². The van der Waals surface area contributed by atoms with E-state index in [-0.39, 0.29) is 42.4 Å². The van der Waals surface area contributed by atoms with Gasteiger partial charge in [-0.3, -0.25) is 9.59 Å². The number of hydrogen-bond donors (Lipinski definition) is 2. The summed E-state index contributed by atoms with van der Waals surface area (Å²) in [5, 5.41) is 17.0. The number of aliphatic hydroxyl groups is 1. The number of halogens is 3. The first-order valence-corrected chi connectivity index (χ1v) is 12.5. The quantitative estimate of drug-likeness (QED) is 0.485. The summed E-state index contributed by atoms with van der Waals surface area (Å²) < 4.78 is 43.2. The Morgan fingerprint density at radius 1 is 1.22 bits per heavy atom. The molecule has 2 N–H and O–H groups in total. The molecule has 0 saturated carbocycles. The minimum absolute atomic E-state index is 0.0854. The second-order valence-corrected chi connectivity index (χ2v) is 10.2. The van der Waals surface area contributed by atoms with E-state index in [4.69, 9.17) is 19.4 Å². The molecule has 1 aliphatic heterocycles. The normalized spacial score (nSPS) is 32.7. The maximum atomic E-state index is 12.5. The van der Waals surface area contributed by atoms with Gasteiger partial charge in [0.25, 0.3) is 0 Å². The van der Waals surface area contributed by atoms with E-state index in [1.165, 1.54) is 5.57 Å². The van der Waals surface area contributed by atoms with Gasteiger partial charge in [-0.25, -0.2) is 4.79 Å².